The summed E-state index contributed by atoms with van der Waals surface area (Å²) in [7, 11) is 0. The molecule has 2 unspecified atom stereocenters. The molecule has 98 valence electrons. The highest BCUT2D eigenvalue weighted by molar-refractivity contribution is 8.00. The Labute approximate surface area is 108 Å². The maximum Gasteiger partial charge on any atom is 0.220 e. The first-order chi connectivity index (χ1) is 8.18. The van der Waals surface area contributed by atoms with E-state index in [0.717, 1.165) is 19.6 Å². The van der Waals surface area contributed by atoms with Gasteiger partial charge in [-0.3, -0.25) is 4.79 Å². The molecule has 2 N–H and O–H groups in total. The van der Waals surface area contributed by atoms with Gasteiger partial charge in [0, 0.05) is 17.7 Å². The first-order valence-corrected chi connectivity index (χ1v) is 7.78. The van der Waals surface area contributed by atoms with Gasteiger partial charge < -0.3 is 10.6 Å². The Kier molecular flexibility index (Phi) is 4.74. The van der Waals surface area contributed by atoms with Gasteiger partial charge in [0.2, 0.25) is 5.91 Å². The van der Waals surface area contributed by atoms with Crippen molar-refractivity contribution >= 4 is 17.7 Å². The number of carbonyl (C=O) groups is 1. The zero-order valence-corrected chi connectivity index (χ0v) is 11.6. The van der Waals surface area contributed by atoms with Crippen molar-refractivity contribution < 1.29 is 4.79 Å². The molecule has 4 heteroatoms. The monoisotopic (exact) mass is 256 g/mol. The van der Waals surface area contributed by atoms with E-state index in [9.17, 15) is 4.79 Å². The Hall–Kier alpha value is -0.220. The van der Waals surface area contributed by atoms with Crippen LogP contribution in [0.2, 0.25) is 0 Å². The molecule has 0 aromatic heterocycles. The summed E-state index contributed by atoms with van der Waals surface area (Å²) in [5, 5.41) is 6.49. The third kappa shape index (κ3) is 4.18. The predicted octanol–water partition coefficient (Wildman–Crippen LogP) is 1.78. The second-order valence-corrected chi connectivity index (χ2v) is 7.28. The van der Waals surface area contributed by atoms with Crippen molar-refractivity contribution in [3.8, 4) is 0 Å². The second kappa shape index (κ2) is 6.10. The van der Waals surface area contributed by atoms with E-state index in [1.165, 1.54) is 31.4 Å². The van der Waals surface area contributed by atoms with Crippen LogP contribution < -0.4 is 10.6 Å². The van der Waals surface area contributed by atoms with Gasteiger partial charge in [-0.1, -0.05) is 0 Å². The van der Waals surface area contributed by atoms with Crippen LogP contribution in [0.1, 0.15) is 39.0 Å². The number of carbonyl (C=O) groups excluding carboxylic acids is 1. The Bertz CT molecular complexity index is 258. The third-order valence-corrected chi connectivity index (χ3v) is 5.37. The van der Waals surface area contributed by atoms with E-state index >= 15 is 0 Å². The normalized spacial score (nSPS) is 33.6. The molecule has 2 fully saturated rings. The van der Waals surface area contributed by atoms with E-state index in [2.05, 4.69) is 17.6 Å². The lowest BCUT2D eigenvalue weighted by Crippen LogP contribution is -2.39. The minimum Gasteiger partial charge on any atom is -0.355 e. The lowest BCUT2D eigenvalue weighted by atomic mass is 9.96. The molecular weight excluding hydrogens is 232 g/mol. The topological polar surface area (TPSA) is 41.1 Å². The molecule has 17 heavy (non-hydrogen) atoms. The summed E-state index contributed by atoms with van der Waals surface area (Å²) in [6.07, 6.45) is 5.65. The standard InChI is InChI=1S/C13H24N2OS/c1-13(5-3-7-17-13)10-15-12(16)8-11-4-2-6-14-9-11/h11,14H,2-10H2,1H3,(H,15,16). The van der Waals surface area contributed by atoms with E-state index in [0.29, 0.717) is 17.1 Å². The molecular formula is C13H24N2OS. The van der Waals surface area contributed by atoms with Crippen molar-refractivity contribution in [2.75, 3.05) is 25.4 Å². The molecule has 2 heterocycles. The second-order valence-electron chi connectivity index (χ2n) is 5.60. The van der Waals surface area contributed by atoms with Gasteiger partial charge in [-0.05, 0) is 57.4 Å². The number of thioether (sulfide) groups is 1. The summed E-state index contributed by atoms with van der Waals surface area (Å²) >= 11 is 2.01. The molecule has 2 aliphatic rings. The van der Waals surface area contributed by atoms with Gasteiger partial charge in [-0.25, -0.2) is 0 Å². The van der Waals surface area contributed by atoms with Crippen molar-refractivity contribution in [1.82, 2.24) is 10.6 Å². The van der Waals surface area contributed by atoms with Gasteiger partial charge >= 0.3 is 0 Å². The molecule has 2 atom stereocenters. The van der Waals surface area contributed by atoms with Crippen LogP contribution in [0.5, 0.6) is 0 Å². The van der Waals surface area contributed by atoms with Crippen molar-refractivity contribution in [3.63, 3.8) is 0 Å². The molecule has 0 saturated carbocycles. The Balaban J connectivity index is 1.66. The summed E-state index contributed by atoms with van der Waals surface area (Å²) in [4.78, 5) is 11.9. The van der Waals surface area contributed by atoms with Gasteiger partial charge in [0.15, 0.2) is 0 Å². The molecule has 0 aromatic carbocycles. The average molecular weight is 256 g/mol. The van der Waals surface area contributed by atoms with Crippen LogP contribution in [-0.4, -0.2) is 36.0 Å². The number of rotatable bonds is 4. The van der Waals surface area contributed by atoms with Gasteiger partial charge in [0.1, 0.15) is 0 Å². The van der Waals surface area contributed by atoms with Gasteiger partial charge in [-0.15, -0.1) is 0 Å². The molecule has 2 rings (SSSR count). The number of nitrogens with one attached hydrogen (secondary N) is 2. The Morgan fingerprint density at radius 2 is 2.41 bits per heavy atom. The SMILES string of the molecule is CC1(CNC(=O)CC2CCCNC2)CCCS1. The minimum atomic E-state index is 0.243. The zero-order chi connectivity index (χ0) is 12.1. The van der Waals surface area contributed by atoms with Crippen LogP contribution in [0.4, 0.5) is 0 Å². The minimum absolute atomic E-state index is 0.243. The van der Waals surface area contributed by atoms with Crippen LogP contribution >= 0.6 is 11.8 Å². The summed E-state index contributed by atoms with van der Waals surface area (Å²) in [6, 6.07) is 0. The van der Waals surface area contributed by atoms with Gasteiger partial charge in [0.25, 0.3) is 0 Å². The van der Waals surface area contributed by atoms with Crippen molar-refractivity contribution in [1.29, 1.82) is 0 Å². The maximum absolute atomic E-state index is 11.9. The lowest BCUT2D eigenvalue weighted by Gasteiger charge is -2.25. The van der Waals surface area contributed by atoms with Crippen LogP contribution in [0.25, 0.3) is 0 Å². The molecule has 0 aromatic rings. The number of piperidine rings is 1. The molecule has 2 aliphatic heterocycles. The first kappa shape index (κ1) is 13.2. The van der Waals surface area contributed by atoms with Gasteiger partial charge in [-0.2, -0.15) is 11.8 Å². The third-order valence-electron chi connectivity index (χ3n) is 3.83. The van der Waals surface area contributed by atoms with E-state index in [-0.39, 0.29) is 5.91 Å². The van der Waals surface area contributed by atoms with E-state index in [1.54, 1.807) is 0 Å². The highest BCUT2D eigenvalue weighted by atomic mass is 32.2. The molecule has 3 nitrogen and oxygen atoms in total. The number of hydrogen-bond donors (Lipinski definition) is 2. The maximum atomic E-state index is 11.9. The number of hydrogen-bond acceptors (Lipinski definition) is 3. The van der Waals surface area contributed by atoms with Crippen LogP contribution in [0.15, 0.2) is 0 Å². The summed E-state index contributed by atoms with van der Waals surface area (Å²) in [6.45, 7) is 5.25. The zero-order valence-electron chi connectivity index (χ0n) is 10.8. The largest absolute Gasteiger partial charge is 0.355 e. The predicted molar refractivity (Wildman–Crippen MR) is 73.3 cm³/mol. The average Bonchev–Trinajstić information content (AvgIpc) is 2.76. The number of amides is 1. The fraction of sp³-hybridized carbons (Fsp3) is 0.923. The van der Waals surface area contributed by atoms with E-state index < -0.39 is 0 Å². The molecule has 0 spiro atoms. The van der Waals surface area contributed by atoms with E-state index in [1.807, 2.05) is 11.8 Å². The van der Waals surface area contributed by atoms with E-state index in [4.69, 9.17) is 0 Å². The van der Waals surface area contributed by atoms with Crippen molar-refractivity contribution in [3.05, 3.63) is 0 Å². The Morgan fingerprint density at radius 1 is 1.53 bits per heavy atom. The summed E-state index contributed by atoms with van der Waals surface area (Å²) in [5.74, 6) is 2.04. The summed E-state index contributed by atoms with van der Waals surface area (Å²) < 4.78 is 0.292. The lowest BCUT2D eigenvalue weighted by molar-refractivity contribution is -0.122. The van der Waals surface area contributed by atoms with Crippen LogP contribution in [-0.2, 0) is 4.79 Å². The smallest absolute Gasteiger partial charge is 0.220 e. The van der Waals surface area contributed by atoms with Crippen LogP contribution in [0, 0.1) is 5.92 Å². The molecule has 0 bridgehead atoms. The highest BCUT2D eigenvalue weighted by Crippen LogP contribution is 2.36. The molecule has 0 aliphatic carbocycles. The fourth-order valence-electron chi connectivity index (χ4n) is 2.69. The fourth-order valence-corrected chi connectivity index (χ4v) is 3.94. The molecule has 2 saturated heterocycles. The highest BCUT2D eigenvalue weighted by Gasteiger charge is 2.29. The van der Waals surface area contributed by atoms with Crippen molar-refractivity contribution in [2.45, 2.75) is 43.8 Å². The van der Waals surface area contributed by atoms with Crippen LogP contribution in [0.3, 0.4) is 0 Å². The molecule has 1 amide bonds. The molecule has 0 radical (unpaired) electrons. The summed E-state index contributed by atoms with van der Waals surface area (Å²) in [5.41, 5.74) is 0. The van der Waals surface area contributed by atoms with Crippen molar-refractivity contribution in [2.24, 2.45) is 5.92 Å². The quantitative estimate of drug-likeness (QED) is 0.805. The first-order valence-electron chi connectivity index (χ1n) is 6.79. The van der Waals surface area contributed by atoms with Gasteiger partial charge in [0.05, 0.1) is 0 Å². The Morgan fingerprint density at radius 3 is 3.06 bits per heavy atom.